The number of fused-ring (bicyclic) bond motifs is 8. The maximum Gasteiger partial charge on any atom is 0.143 e. The molecule has 0 aliphatic rings. The van der Waals surface area contributed by atoms with Crippen LogP contribution < -0.4 is 0 Å². The zero-order valence-electron chi connectivity index (χ0n) is 36.6. The topological polar surface area (TPSA) is 26.3 Å². The predicted molar refractivity (Wildman–Crippen MR) is 288 cm³/mol. The van der Waals surface area contributed by atoms with E-state index in [9.17, 15) is 0 Å². The van der Waals surface area contributed by atoms with Gasteiger partial charge in [0.15, 0.2) is 0 Å². The van der Waals surface area contributed by atoms with E-state index in [1.807, 2.05) is 6.07 Å². The molecule has 2 nitrogen and oxygen atoms in total. The molecule has 0 aliphatic carbocycles. The van der Waals surface area contributed by atoms with Crippen LogP contribution in [0.4, 0.5) is 0 Å². The van der Waals surface area contributed by atoms with Crippen molar-refractivity contribution in [3.63, 3.8) is 0 Å². The molecule has 0 radical (unpaired) electrons. The maximum atomic E-state index is 6.71. The molecule has 0 saturated carbocycles. The zero-order chi connectivity index (χ0) is 44.2. The Morgan fingerprint density at radius 3 is 1.25 bits per heavy atom. The van der Waals surface area contributed by atoms with Gasteiger partial charge in [0.05, 0.1) is 0 Å². The second-order valence-corrected chi connectivity index (χ2v) is 18.7. The molecule has 2 heteroatoms. The Kier molecular flexibility index (Phi) is 7.10. The molecule has 312 valence electrons. The van der Waals surface area contributed by atoms with Crippen molar-refractivity contribution >= 4 is 119 Å². The van der Waals surface area contributed by atoms with Crippen LogP contribution in [0.3, 0.4) is 0 Å². The molecule has 14 aromatic carbocycles. The highest BCUT2D eigenvalue weighted by molar-refractivity contribution is 6.28. The first-order valence-corrected chi connectivity index (χ1v) is 23.5. The van der Waals surface area contributed by atoms with Gasteiger partial charge < -0.3 is 8.83 Å². The van der Waals surface area contributed by atoms with Crippen molar-refractivity contribution in [1.29, 1.82) is 0 Å². The lowest BCUT2D eigenvalue weighted by Crippen LogP contribution is -1.95. The molecule has 0 saturated heterocycles. The van der Waals surface area contributed by atoms with Crippen LogP contribution >= 0.6 is 0 Å². The maximum absolute atomic E-state index is 6.71. The van der Waals surface area contributed by atoms with Crippen molar-refractivity contribution in [2.75, 3.05) is 0 Å². The van der Waals surface area contributed by atoms with Crippen LogP contribution in [0.1, 0.15) is 0 Å². The number of rotatable bonds is 4. The monoisotopic (exact) mass is 860 g/mol. The smallest absolute Gasteiger partial charge is 0.143 e. The molecule has 0 bridgehead atoms. The summed E-state index contributed by atoms with van der Waals surface area (Å²) in [5.41, 5.74) is 12.9. The SMILES string of the molecule is c1ccc2c(c1)ccc1c3cc(-c4cc(-c5ccc6oc7ccccc7c6c5)c(-c5ccc6ccc7cccc8ccc5c6c78)cc4-c4ccc5ccc6cccc7ccc4c5c67)ccc3oc21. The van der Waals surface area contributed by atoms with Crippen molar-refractivity contribution in [3.8, 4) is 44.5 Å². The van der Waals surface area contributed by atoms with E-state index < -0.39 is 0 Å². The van der Waals surface area contributed by atoms with Crippen LogP contribution in [0.25, 0.3) is 164 Å². The average Bonchev–Trinajstić information content (AvgIpc) is 3.97. The minimum atomic E-state index is 0.882. The molecule has 16 rings (SSSR count). The summed E-state index contributed by atoms with van der Waals surface area (Å²) in [6.07, 6.45) is 0. The van der Waals surface area contributed by atoms with Gasteiger partial charge in [0, 0.05) is 26.9 Å². The Morgan fingerprint density at radius 2 is 0.632 bits per heavy atom. The van der Waals surface area contributed by atoms with Crippen molar-refractivity contribution < 1.29 is 8.83 Å². The Bertz CT molecular complexity index is 4760. The van der Waals surface area contributed by atoms with Crippen molar-refractivity contribution in [2.45, 2.75) is 0 Å². The summed E-state index contributed by atoms with van der Waals surface area (Å²) >= 11 is 0. The standard InChI is InChI=1S/C66H36O2/c1-2-12-46-37(7-1)19-30-52-58-34-45(25-32-61(58)68-66(46)52)54-35-53(44-24-31-60-57(33-44)49-13-3-4-14-59(49)67-60)55(47-26-20-42-17-15-38-8-5-10-40-22-28-50(47)64(42)62(38)40)36-56(54)48-27-21-43-18-16-39-9-6-11-41-23-29-51(48)65(43)63(39)41/h1-36H. The van der Waals surface area contributed by atoms with Crippen LogP contribution in [0, 0.1) is 0 Å². The minimum absolute atomic E-state index is 0.882. The zero-order valence-corrected chi connectivity index (χ0v) is 36.6. The van der Waals surface area contributed by atoms with Gasteiger partial charge in [0.1, 0.15) is 22.3 Å². The number of hydrogen-bond acceptors (Lipinski definition) is 2. The largest absolute Gasteiger partial charge is 0.456 e. The molecular formula is C66H36O2. The number of furan rings is 2. The fourth-order valence-corrected chi connectivity index (χ4v) is 12.0. The molecule has 0 fully saturated rings. The van der Waals surface area contributed by atoms with Gasteiger partial charge in [-0.05, 0) is 163 Å². The summed E-state index contributed by atoms with van der Waals surface area (Å²) in [6.45, 7) is 0. The summed E-state index contributed by atoms with van der Waals surface area (Å²) < 4.78 is 13.1. The summed E-state index contributed by atoms with van der Waals surface area (Å²) in [5.74, 6) is 0. The van der Waals surface area contributed by atoms with Gasteiger partial charge in [-0.15, -0.1) is 0 Å². The molecule has 2 aromatic heterocycles. The van der Waals surface area contributed by atoms with Crippen LogP contribution in [0.15, 0.2) is 227 Å². The molecule has 0 spiro atoms. The Labute approximate surface area is 389 Å². The first-order valence-electron chi connectivity index (χ1n) is 23.5. The summed E-state index contributed by atoms with van der Waals surface area (Å²) in [7, 11) is 0. The molecule has 0 amide bonds. The number of para-hydroxylation sites is 1. The van der Waals surface area contributed by atoms with Crippen molar-refractivity contribution in [2.24, 2.45) is 0 Å². The van der Waals surface area contributed by atoms with Crippen molar-refractivity contribution in [1.82, 2.24) is 0 Å². The number of benzene rings is 14. The van der Waals surface area contributed by atoms with E-state index in [0.717, 1.165) is 71.5 Å². The summed E-state index contributed by atoms with van der Waals surface area (Å²) in [5, 5.41) is 22.0. The Hall–Kier alpha value is -8.98. The second kappa shape index (κ2) is 13.3. The first kappa shape index (κ1) is 36.3. The van der Waals surface area contributed by atoms with Gasteiger partial charge in [-0.3, -0.25) is 0 Å². The first-order chi connectivity index (χ1) is 33.7. The van der Waals surface area contributed by atoms with E-state index >= 15 is 0 Å². The second-order valence-electron chi connectivity index (χ2n) is 18.7. The predicted octanol–water partition coefficient (Wildman–Crippen LogP) is 19.1. The highest BCUT2D eigenvalue weighted by Gasteiger charge is 2.23. The third kappa shape index (κ3) is 4.96. The van der Waals surface area contributed by atoms with Crippen LogP contribution in [0.2, 0.25) is 0 Å². The van der Waals surface area contributed by atoms with Crippen LogP contribution in [-0.4, -0.2) is 0 Å². The van der Waals surface area contributed by atoms with Crippen LogP contribution in [-0.2, 0) is 0 Å². The fourth-order valence-electron chi connectivity index (χ4n) is 12.0. The Balaban J connectivity index is 1.06. The van der Waals surface area contributed by atoms with Gasteiger partial charge in [0.25, 0.3) is 0 Å². The van der Waals surface area contributed by atoms with E-state index in [1.54, 1.807) is 0 Å². The van der Waals surface area contributed by atoms with E-state index in [1.165, 1.54) is 92.3 Å². The highest BCUT2D eigenvalue weighted by atomic mass is 16.3. The van der Waals surface area contributed by atoms with Gasteiger partial charge in [-0.2, -0.15) is 0 Å². The summed E-state index contributed by atoms with van der Waals surface area (Å²) in [4.78, 5) is 0. The molecule has 68 heavy (non-hydrogen) atoms. The molecular weight excluding hydrogens is 825 g/mol. The third-order valence-electron chi connectivity index (χ3n) is 15.2. The van der Waals surface area contributed by atoms with Crippen molar-refractivity contribution in [3.05, 3.63) is 218 Å². The van der Waals surface area contributed by atoms with Gasteiger partial charge in [-0.1, -0.05) is 170 Å². The lowest BCUT2D eigenvalue weighted by molar-refractivity contribution is 0.669. The lowest BCUT2D eigenvalue weighted by atomic mass is 9.81. The molecule has 2 heterocycles. The number of hydrogen-bond donors (Lipinski definition) is 0. The van der Waals surface area contributed by atoms with E-state index in [2.05, 4.69) is 212 Å². The highest BCUT2D eigenvalue weighted by Crippen LogP contribution is 2.50. The molecule has 0 unspecified atom stereocenters. The molecule has 16 aromatic rings. The quantitative estimate of drug-likeness (QED) is 0.165. The van der Waals surface area contributed by atoms with E-state index in [4.69, 9.17) is 8.83 Å². The van der Waals surface area contributed by atoms with Crippen LogP contribution in [0.5, 0.6) is 0 Å². The third-order valence-corrected chi connectivity index (χ3v) is 15.2. The average molecular weight is 861 g/mol. The Morgan fingerprint density at radius 1 is 0.206 bits per heavy atom. The normalized spacial score (nSPS) is 12.4. The molecule has 0 atom stereocenters. The minimum Gasteiger partial charge on any atom is -0.456 e. The van der Waals surface area contributed by atoms with Gasteiger partial charge >= 0.3 is 0 Å². The molecule has 0 N–H and O–H groups in total. The lowest BCUT2D eigenvalue weighted by Gasteiger charge is -2.22. The van der Waals surface area contributed by atoms with Gasteiger partial charge in [-0.25, -0.2) is 0 Å². The summed E-state index contributed by atoms with van der Waals surface area (Å²) in [6, 6.07) is 80.9. The van der Waals surface area contributed by atoms with E-state index in [0.29, 0.717) is 0 Å². The molecule has 0 aliphatic heterocycles. The fraction of sp³-hybridized carbons (Fsp3) is 0. The van der Waals surface area contributed by atoms with E-state index in [-0.39, 0.29) is 0 Å². The van der Waals surface area contributed by atoms with Gasteiger partial charge in [0.2, 0.25) is 0 Å².